The van der Waals surface area contributed by atoms with Crippen LogP contribution in [0.1, 0.15) is 17.8 Å². The van der Waals surface area contributed by atoms with Gasteiger partial charge in [0.05, 0.1) is 0 Å². The second kappa shape index (κ2) is 5.89. The van der Waals surface area contributed by atoms with E-state index in [0.29, 0.717) is 0 Å². The first-order valence-electron chi connectivity index (χ1n) is 5.36. The van der Waals surface area contributed by atoms with Crippen LogP contribution >= 0.6 is 23.2 Å². The van der Waals surface area contributed by atoms with Crippen LogP contribution in [0.25, 0.3) is 6.08 Å². The maximum Gasteiger partial charge on any atom is 0.129 e. The Hall–Kier alpha value is -1.25. The Bertz CT molecular complexity index is 484. The van der Waals surface area contributed by atoms with Crippen LogP contribution in [-0.4, -0.2) is 9.97 Å². The molecule has 88 valence electrons. The fourth-order valence-electron chi connectivity index (χ4n) is 1.56. The van der Waals surface area contributed by atoms with Crippen molar-refractivity contribution in [3.63, 3.8) is 0 Å². The van der Waals surface area contributed by atoms with Gasteiger partial charge in [-0.15, -0.1) is 0 Å². The summed E-state index contributed by atoms with van der Waals surface area (Å²) in [5.41, 5.74) is 1.000. The highest BCUT2D eigenvalue weighted by atomic mass is 35.5. The first-order chi connectivity index (χ1) is 8.27. The second-order valence-electron chi connectivity index (χ2n) is 3.62. The largest absolute Gasteiger partial charge is 0.345 e. The summed E-state index contributed by atoms with van der Waals surface area (Å²) in [5.74, 6) is 0.857. The van der Waals surface area contributed by atoms with Gasteiger partial charge in [-0.1, -0.05) is 35.3 Å². The van der Waals surface area contributed by atoms with Crippen molar-refractivity contribution in [2.75, 3.05) is 0 Å². The predicted molar refractivity (Wildman–Crippen MR) is 72.4 cm³/mol. The minimum atomic E-state index is 0.726. The molecule has 0 fully saturated rings. The molecule has 0 saturated heterocycles. The van der Waals surface area contributed by atoms with E-state index >= 15 is 0 Å². The average Bonchev–Trinajstić information content (AvgIpc) is 2.80. The summed E-state index contributed by atoms with van der Waals surface area (Å²) < 4.78 is 0. The van der Waals surface area contributed by atoms with Crippen molar-refractivity contribution in [3.05, 3.63) is 58.1 Å². The van der Waals surface area contributed by atoms with Gasteiger partial charge in [-0.05, 0) is 36.6 Å². The highest BCUT2D eigenvalue weighted by Gasteiger charge is 2.03. The van der Waals surface area contributed by atoms with Gasteiger partial charge in [-0.25, -0.2) is 4.98 Å². The highest BCUT2D eigenvalue weighted by molar-refractivity contribution is 6.35. The SMILES string of the molecule is Clc1cccc(Cl)c1CCC=Cc1ncc[nH]1. The summed E-state index contributed by atoms with van der Waals surface area (Å²) in [6, 6.07) is 5.57. The fourth-order valence-corrected chi connectivity index (χ4v) is 2.15. The van der Waals surface area contributed by atoms with E-state index in [-0.39, 0.29) is 0 Å². The third kappa shape index (κ3) is 3.35. The number of benzene rings is 1. The minimum Gasteiger partial charge on any atom is -0.345 e. The molecule has 0 amide bonds. The van der Waals surface area contributed by atoms with Crippen molar-refractivity contribution in [2.24, 2.45) is 0 Å². The van der Waals surface area contributed by atoms with E-state index in [4.69, 9.17) is 23.2 Å². The first kappa shape index (κ1) is 12.2. The van der Waals surface area contributed by atoms with Gasteiger partial charge in [0.25, 0.3) is 0 Å². The van der Waals surface area contributed by atoms with E-state index in [9.17, 15) is 0 Å². The maximum atomic E-state index is 6.08. The summed E-state index contributed by atoms with van der Waals surface area (Å²) in [6.07, 6.45) is 9.23. The Morgan fingerprint density at radius 2 is 2.00 bits per heavy atom. The van der Waals surface area contributed by atoms with Gasteiger partial charge in [-0.2, -0.15) is 0 Å². The molecule has 17 heavy (non-hydrogen) atoms. The molecule has 1 aromatic carbocycles. The monoisotopic (exact) mass is 266 g/mol. The van der Waals surface area contributed by atoms with Gasteiger partial charge in [-0.3, -0.25) is 0 Å². The van der Waals surface area contributed by atoms with E-state index in [0.717, 1.165) is 34.3 Å². The topological polar surface area (TPSA) is 28.7 Å². The van der Waals surface area contributed by atoms with E-state index in [1.807, 2.05) is 24.3 Å². The van der Waals surface area contributed by atoms with E-state index in [2.05, 4.69) is 16.0 Å². The number of halogens is 2. The molecule has 0 atom stereocenters. The van der Waals surface area contributed by atoms with E-state index < -0.39 is 0 Å². The van der Waals surface area contributed by atoms with Crippen molar-refractivity contribution in [3.8, 4) is 0 Å². The normalized spacial score (nSPS) is 11.2. The molecule has 1 heterocycles. The Morgan fingerprint density at radius 3 is 2.65 bits per heavy atom. The lowest BCUT2D eigenvalue weighted by Gasteiger charge is -2.04. The number of aromatic amines is 1. The Morgan fingerprint density at radius 1 is 1.24 bits per heavy atom. The van der Waals surface area contributed by atoms with Crippen LogP contribution in [0.2, 0.25) is 10.0 Å². The van der Waals surface area contributed by atoms with Crippen LogP contribution in [0.3, 0.4) is 0 Å². The number of aromatic nitrogens is 2. The molecule has 1 aromatic heterocycles. The summed E-state index contributed by atoms with van der Waals surface area (Å²) in [6.45, 7) is 0. The van der Waals surface area contributed by atoms with Gasteiger partial charge < -0.3 is 4.98 Å². The number of rotatable bonds is 4. The Balaban J connectivity index is 1.94. The number of imidazole rings is 1. The average molecular weight is 267 g/mol. The zero-order chi connectivity index (χ0) is 12.1. The molecule has 4 heteroatoms. The van der Waals surface area contributed by atoms with Crippen molar-refractivity contribution >= 4 is 29.3 Å². The van der Waals surface area contributed by atoms with Gasteiger partial charge >= 0.3 is 0 Å². The molecule has 2 aromatic rings. The number of nitrogens with one attached hydrogen (secondary N) is 1. The Kier molecular flexibility index (Phi) is 4.24. The number of hydrogen-bond acceptors (Lipinski definition) is 1. The van der Waals surface area contributed by atoms with Crippen molar-refractivity contribution in [2.45, 2.75) is 12.8 Å². The summed E-state index contributed by atoms with van der Waals surface area (Å²) in [4.78, 5) is 7.11. The maximum absolute atomic E-state index is 6.08. The van der Waals surface area contributed by atoms with Gasteiger partial charge in [0.15, 0.2) is 0 Å². The van der Waals surface area contributed by atoms with Crippen molar-refractivity contribution < 1.29 is 0 Å². The van der Waals surface area contributed by atoms with Crippen LogP contribution in [0.4, 0.5) is 0 Å². The molecule has 0 saturated carbocycles. The summed E-state index contributed by atoms with van der Waals surface area (Å²) >= 11 is 12.2. The zero-order valence-corrected chi connectivity index (χ0v) is 10.7. The molecular weight excluding hydrogens is 255 g/mol. The molecule has 2 nitrogen and oxygen atoms in total. The standard InChI is InChI=1S/C13H12Cl2N2/c14-11-5-3-6-12(15)10(11)4-1-2-7-13-16-8-9-17-13/h2-3,5-9H,1,4H2,(H,16,17). The Labute approximate surface area is 110 Å². The van der Waals surface area contributed by atoms with Crippen LogP contribution in [0.15, 0.2) is 36.7 Å². The van der Waals surface area contributed by atoms with Crippen molar-refractivity contribution in [1.29, 1.82) is 0 Å². The molecule has 0 unspecified atom stereocenters. The van der Waals surface area contributed by atoms with Gasteiger partial charge in [0, 0.05) is 22.4 Å². The van der Waals surface area contributed by atoms with Crippen LogP contribution < -0.4 is 0 Å². The van der Waals surface area contributed by atoms with Crippen molar-refractivity contribution in [1.82, 2.24) is 9.97 Å². The van der Waals surface area contributed by atoms with Crippen LogP contribution in [-0.2, 0) is 6.42 Å². The number of allylic oxidation sites excluding steroid dienone is 1. The second-order valence-corrected chi connectivity index (χ2v) is 4.43. The third-order valence-electron chi connectivity index (χ3n) is 2.42. The number of hydrogen-bond donors (Lipinski definition) is 1. The predicted octanol–water partition coefficient (Wildman–Crippen LogP) is 4.36. The fraction of sp³-hybridized carbons (Fsp3) is 0.154. The molecule has 0 aliphatic carbocycles. The lowest BCUT2D eigenvalue weighted by molar-refractivity contribution is 1.00. The molecular formula is C13H12Cl2N2. The third-order valence-corrected chi connectivity index (χ3v) is 3.13. The molecule has 2 rings (SSSR count). The quantitative estimate of drug-likeness (QED) is 0.875. The van der Waals surface area contributed by atoms with Gasteiger partial charge in [0.1, 0.15) is 5.82 Å². The number of nitrogens with zero attached hydrogens (tertiary/aromatic N) is 1. The van der Waals surface area contributed by atoms with Crippen LogP contribution in [0.5, 0.6) is 0 Å². The number of H-pyrrole nitrogens is 1. The molecule has 1 N–H and O–H groups in total. The summed E-state index contributed by atoms with van der Waals surface area (Å²) in [7, 11) is 0. The molecule has 0 bridgehead atoms. The van der Waals surface area contributed by atoms with Gasteiger partial charge in [0.2, 0.25) is 0 Å². The molecule has 0 aliphatic rings. The van der Waals surface area contributed by atoms with E-state index in [1.54, 1.807) is 12.4 Å². The molecule has 0 spiro atoms. The van der Waals surface area contributed by atoms with Crippen LogP contribution in [0, 0.1) is 0 Å². The molecule has 0 aliphatic heterocycles. The zero-order valence-electron chi connectivity index (χ0n) is 9.16. The minimum absolute atomic E-state index is 0.726. The lowest BCUT2D eigenvalue weighted by Crippen LogP contribution is -1.87. The van der Waals surface area contributed by atoms with E-state index in [1.165, 1.54) is 0 Å². The smallest absolute Gasteiger partial charge is 0.129 e. The highest BCUT2D eigenvalue weighted by Crippen LogP contribution is 2.25. The first-order valence-corrected chi connectivity index (χ1v) is 6.12. The lowest BCUT2D eigenvalue weighted by atomic mass is 10.1. The summed E-state index contributed by atoms with van der Waals surface area (Å²) in [5, 5.41) is 1.45. The molecule has 0 radical (unpaired) electrons.